The number of nitrogens with two attached hydrogens (primary N) is 1. The number of nitrogens with one attached hydrogen (secondary N) is 1. The molecule has 0 aliphatic heterocycles. The fourth-order valence-corrected chi connectivity index (χ4v) is 2.81. The number of ether oxygens (including phenoxy) is 1. The van der Waals surface area contributed by atoms with Gasteiger partial charge in [0, 0.05) is 22.6 Å². The van der Waals surface area contributed by atoms with Crippen molar-refractivity contribution in [1.29, 1.82) is 0 Å². The molecule has 17 heavy (non-hydrogen) atoms. The number of benzene rings is 1. The molecule has 0 saturated carbocycles. The quantitative estimate of drug-likeness (QED) is 0.789. The Bertz CT molecular complexity index is 571. The highest BCUT2D eigenvalue weighted by molar-refractivity contribution is 5.89. The fraction of sp³-hybridized carbons (Fsp3) is 0.429. The monoisotopic (exact) mass is 230 g/mol. The van der Waals surface area contributed by atoms with Crippen LogP contribution in [0.25, 0.3) is 10.9 Å². The second-order valence-electron chi connectivity index (χ2n) is 4.95. The summed E-state index contributed by atoms with van der Waals surface area (Å²) in [7, 11) is 1.71. The lowest BCUT2D eigenvalue weighted by Crippen LogP contribution is -2.27. The minimum Gasteiger partial charge on any atom is -0.497 e. The Kier molecular flexibility index (Phi) is 2.37. The van der Waals surface area contributed by atoms with Crippen LogP contribution in [0, 0.1) is 6.92 Å². The molecular weight excluding hydrogens is 212 g/mol. The van der Waals surface area contributed by atoms with Crippen LogP contribution < -0.4 is 10.5 Å². The summed E-state index contributed by atoms with van der Waals surface area (Å²) in [5, 5.41) is 1.28. The van der Waals surface area contributed by atoms with Gasteiger partial charge in [-0.15, -0.1) is 0 Å². The minimum atomic E-state index is 0.299. The third kappa shape index (κ3) is 1.62. The van der Waals surface area contributed by atoms with Crippen molar-refractivity contribution in [2.45, 2.75) is 32.2 Å². The SMILES string of the molecule is COc1cc(C)c2[nH]c3c(c2c1)CC(N)CC3. The third-order valence-electron chi connectivity index (χ3n) is 3.74. The lowest BCUT2D eigenvalue weighted by molar-refractivity contribution is 0.415. The summed E-state index contributed by atoms with van der Waals surface area (Å²) in [5.41, 5.74) is 11.3. The molecule has 0 saturated heterocycles. The van der Waals surface area contributed by atoms with Crippen LogP contribution in [-0.2, 0) is 12.8 Å². The number of aryl methyl sites for hydroxylation is 2. The van der Waals surface area contributed by atoms with Crippen molar-refractivity contribution in [3.63, 3.8) is 0 Å². The first kappa shape index (κ1) is 10.7. The van der Waals surface area contributed by atoms with Gasteiger partial charge in [0.1, 0.15) is 5.75 Å². The summed E-state index contributed by atoms with van der Waals surface area (Å²) in [6.45, 7) is 2.12. The van der Waals surface area contributed by atoms with Crippen molar-refractivity contribution in [3.05, 3.63) is 29.0 Å². The number of hydrogen-bond acceptors (Lipinski definition) is 2. The molecule has 2 aromatic rings. The zero-order valence-electron chi connectivity index (χ0n) is 10.3. The summed E-state index contributed by atoms with van der Waals surface area (Å²) in [6.07, 6.45) is 3.12. The van der Waals surface area contributed by atoms with Crippen LogP contribution in [0.4, 0.5) is 0 Å². The average molecular weight is 230 g/mol. The molecule has 0 radical (unpaired) electrons. The lowest BCUT2D eigenvalue weighted by atomic mass is 9.92. The molecule has 3 heteroatoms. The van der Waals surface area contributed by atoms with E-state index in [2.05, 4.69) is 24.0 Å². The molecule has 3 rings (SSSR count). The molecule has 1 unspecified atom stereocenters. The number of hydrogen-bond donors (Lipinski definition) is 2. The van der Waals surface area contributed by atoms with Crippen molar-refractivity contribution < 1.29 is 4.74 Å². The molecule has 3 N–H and O–H groups in total. The van der Waals surface area contributed by atoms with E-state index in [1.165, 1.54) is 27.7 Å². The number of fused-ring (bicyclic) bond motifs is 3. The standard InChI is InChI=1S/C14H18N2O/c1-8-5-10(17-2)7-12-11-6-9(15)3-4-13(11)16-14(8)12/h5,7,9,16H,3-4,6,15H2,1-2H3. The molecule has 1 aliphatic carbocycles. The maximum Gasteiger partial charge on any atom is 0.119 e. The maximum absolute atomic E-state index is 6.06. The van der Waals surface area contributed by atoms with E-state index in [-0.39, 0.29) is 0 Å². The normalized spacial score (nSPS) is 19.4. The Balaban J connectivity index is 2.26. The van der Waals surface area contributed by atoms with Gasteiger partial charge < -0.3 is 15.5 Å². The van der Waals surface area contributed by atoms with Gasteiger partial charge in [0.25, 0.3) is 0 Å². The van der Waals surface area contributed by atoms with Crippen molar-refractivity contribution in [3.8, 4) is 5.75 Å². The van der Waals surface area contributed by atoms with Crippen LogP contribution in [0.5, 0.6) is 5.75 Å². The van der Waals surface area contributed by atoms with E-state index in [1.807, 2.05) is 0 Å². The number of aromatic amines is 1. The fourth-order valence-electron chi connectivity index (χ4n) is 2.81. The molecule has 1 aromatic heterocycles. The highest BCUT2D eigenvalue weighted by Gasteiger charge is 2.21. The van der Waals surface area contributed by atoms with E-state index in [4.69, 9.17) is 10.5 Å². The van der Waals surface area contributed by atoms with Crippen LogP contribution in [0.1, 0.15) is 23.2 Å². The summed E-state index contributed by atoms with van der Waals surface area (Å²) in [5.74, 6) is 0.927. The number of aromatic nitrogens is 1. The van der Waals surface area contributed by atoms with Crippen LogP contribution in [-0.4, -0.2) is 18.1 Å². The van der Waals surface area contributed by atoms with Crippen molar-refractivity contribution in [1.82, 2.24) is 4.98 Å². The van der Waals surface area contributed by atoms with Gasteiger partial charge in [0.2, 0.25) is 0 Å². The van der Waals surface area contributed by atoms with E-state index in [0.717, 1.165) is 25.0 Å². The molecule has 1 aliphatic rings. The summed E-state index contributed by atoms with van der Waals surface area (Å²) >= 11 is 0. The zero-order chi connectivity index (χ0) is 12.0. The van der Waals surface area contributed by atoms with Crippen LogP contribution in [0.15, 0.2) is 12.1 Å². The van der Waals surface area contributed by atoms with Gasteiger partial charge in [-0.25, -0.2) is 0 Å². The molecule has 3 nitrogen and oxygen atoms in total. The van der Waals surface area contributed by atoms with E-state index in [1.54, 1.807) is 7.11 Å². The summed E-state index contributed by atoms with van der Waals surface area (Å²) in [6, 6.07) is 4.49. The van der Waals surface area contributed by atoms with Gasteiger partial charge >= 0.3 is 0 Å². The second-order valence-corrected chi connectivity index (χ2v) is 4.95. The van der Waals surface area contributed by atoms with E-state index in [9.17, 15) is 0 Å². The van der Waals surface area contributed by atoms with Crippen molar-refractivity contribution >= 4 is 10.9 Å². The first-order valence-electron chi connectivity index (χ1n) is 6.12. The molecule has 1 atom stereocenters. The topological polar surface area (TPSA) is 51.0 Å². The first-order valence-corrected chi connectivity index (χ1v) is 6.12. The van der Waals surface area contributed by atoms with Crippen LogP contribution in [0.3, 0.4) is 0 Å². The molecular formula is C14H18N2O. The molecule has 1 heterocycles. The number of rotatable bonds is 1. The molecule has 0 spiro atoms. The predicted molar refractivity (Wildman–Crippen MR) is 69.6 cm³/mol. The number of methoxy groups -OCH3 is 1. The Hall–Kier alpha value is -1.48. The Labute approximate surface area is 101 Å². The van der Waals surface area contributed by atoms with Crippen molar-refractivity contribution in [2.24, 2.45) is 5.73 Å². The highest BCUT2D eigenvalue weighted by Crippen LogP contribution is 2.33. The maximum atomic E-state index is 6.06. The second kappa shape index (κ2) is 3.77. The Morgan fingerprint density at radius 3 is 3.00 bits per heavy atom. The van der Waals surface area contributed by atoms with Gasteiger partial charge in [0.15, 0.2) is 0 Å². The first-order chi connectivity index (χ1) is 8.19. The molecule has 90 valence electrons. The lowest BCUT2D eigenvalue weighted by Gasteiger charge is -2.18. The average Bonchev–Trinajstić information content (AvgIpc) is 2.68. The molecule has 0 bridgehead atoms. The van der Waals surface area contributed by atoms with Gasteiger partial charge in [0.05, 0.1) is 7.11 Å². The van der Waals surface area contributed by atoms with Gasteiger partial charge in [-0.1, -0.05) is 0 Å². The van der Waals surface area contributed by atoms with Gasteiger partial charge in [-0.05, 0) is 49.4 Å². The van der Waals surface area contributed by atoms with E-state index < -0.39 is 0 Å². The van der Waals surface area contributed by atoms with Crippen LogP contribution >= 0.6 is 0 Å². The van der Waals surface area contributed by atoms with Gasteiger partial charge in [-0.3, -0.25) is 0 Å². The minimum absolute atomic E-state index is 0.299. The Morgan fingerprint density at radius 1 is 1.41 bits per heavy atom. The number of H-pyrrole nitrogens is 1. The molecule has 1 aromatic carbocycles. The highest BCUT2D eigenvalue weighted by atomic mass is 16.5. The predicted octanol–water partition coefficient (Wildman–Crippen LogP) is 2.30. The Morgan fingerprint density at radius 2 is 2.24 bits per heavy atom. The summed E-state index contributed by atoms with van der Waals surface area (Å²) in [4.78, 5) is 3.55. The zero-order valence-corrected chi connectivity index (χ0v) is 10.3. The van der Waals surface area contributed by atoms with E-state index in [0.29, 0.717) is 6.04 Å². The van der Waals surface area contributed by atoms with Gasteiger partial charge in [-0.2, -0.15) is 0 Å². The van der Waals surface area contributed by atoms with E-state index >= 15 is 0 Å². The third-order valence-corrected chi connectivity index (χ3v) is 3.74. The summed E-state index contributed by atoms with van der Waals surface area (Å²) < 4.78 is 5.35. The largest absolute Gasteiger partial charge is 0.497 e. The van der Waals surface area contributed by atoms with Crippen molar-refractivity contribution in [2.75, 3.05) is 7.11 Å². The molecule has 0 fully saturated rings. The smallest absolute Gasteiger partial charge is 0.119 e. The van der Waals surface area contributed by atoms with Crippen LogP contribution in [0.2, 0.25) is 0 Å². The molecule has 0 amide bonds.